The Labute approximate surface area is 162 Å². The van der Waals surface area contributed by atoms with Crippen LogP contribution in [0.4, 0.5) is 8.78 Å². The van der Waals surface area contributed by atoms with Crippen molar-refractivity contribution in [3.8, 4) is 0 Å². The quantitative estimate of drug-likeness (QED) is 0.543. The molecule has 146 valence electrons. The third-order valence-electron chi connectivity index (χ3n) is 6.00. The van der Waals surface area contributed by atoms with Gasteiger partial charge in [0.25, 0.3) is 0 Å². The number of benzene rings is 2. The van der Waals surface area contributed by atoms with E-state index in [4.69, 9.17) is 0 Å². The van der Waals surface area contributed by atoms with Crippen LogP contribution in [0.25, 0.3) is 0 Å². The fourth-order valence-electron chi connectivity index (χ4n) is 4.23. The third-order valence-corrected chi connectivity index (χ3v) is 6.00. The van der Waals surface area contributed by atoms with E-state index in [9.17, 15) is 8.78 Å². The normalized spacial score (nSPS) is 23.7. The molecule has 2 aromatic carbocycles. The summed E-state index contributed by atoms with van der Waals surface area (Å²) in [6.07, 6.45) is 1.33. The molecule has 0 spiro atoms. The van der Waals surface area contributed by atoms with Crippen molar-refractivity contribution < 1.29 is 8.78 Å². The van der Waals surface area contributed by atoms with Crippen molar-refractivity contribution in [1.29, 1.82) is 0 Å². The van der Waals surface area contributed by atoms with Gasteiger partial charge in [0.15, 0.2) is 0 Å². The molecule has 0 radical (unpaired) electrons. The van der Waals surface area contributed by atoms with E-state index < -0.39 is 12.3 Å². The lowest BCUT2D eigenvalue weighted by Gasteiger charge is -2.27. The topological polar surface area (TPSA) is 3.24 Å². The molecule has 1 saturated carbocycles. The highest BCUT2D eigenvalue weighted by atomic mass is 19.2. The molecule has 1 aliphatic rings. The van der Waals surface area contributed by atoms with Gasteiger partial charge in [-0.1, -0.05) is 61.5 Å². The van der Waals surface area contributed by atoms with E-state index in [2.05, 4.69) is 73.5 Å². The minimum atomic E-state index is -1.29. The molecule has 3 heteroatoms. The monoisotopic (exact) mass is 371 g/mol. The molecule has 3 rings (SSSR count). The van der Waals surface area contributed by atoms with Gasteiger partial charge in [0, 0.05) is 12.6 Å². The van der Waals surface area contributed by atoms with Crippen LogP contribution in [-0.2, 0) is 13.0 Å². The molecule has 1 nitrogen and oxygen atoms in total. The molecule has 0 saturated heterocycles. The highest BCUT2D eigenvalue weighted by Gasteiger charge is 2.35. The van der Waals surface area contributed by atoms with Crippen LogP contribution in [-0.4, -0.2) is 30.3 Å². The molecular weight excluding hydrogens is 340 g/mol. The molecule has 0 aromatic heterocycles. The van der Waals surface area contributed by atoms with E-state index in [0.29, 0.717) is 18.9 Å². The van der Waals surface area contributed by atoms with Crippen molar-refractivity contribution in [2.75, 3.05) is 7.05 Å². The fourth-order valence-corrected chi connectivity index (χ4v) is 4.23. The lowest BCUT2D eigenvalue weighted by Crippen LogP contribution is -2.31. The van der Waals surface area contributed by atoms with Gasteiger partial charge in [-0.3, -0.25) is 4.90 Å². The Morgan fingerprint density at radius 1 is 0.926 bits per heavy atom. The van der Waals surface area contributed by atoms with Crippen LogP contribution in [0.5, 0.6) is 0 Å². The van der Waals surface area contributed by atoms with Gasteiger partial charge in [0.2, 0.25) is 0 Å². The largest absolute Gasteiger partial charge is 0.299 e. The predicted octanol–water partition coefficient (Wildman–Crippen LogP) is 6.08. The van der Waals surface area contributed by atoms with Crippen LogP contribution in [0, 0.1) is 0 Å². The number of rotatable bonds is 8. The first kappa shape index (κ1) is 20.0. The minimum Gasteiger partial charge on any atom is -0.299 e. The molecule has 27 heavy (non-hydrogen) atoms. The summed E-state index contributed by atoms with van der Waals surface area (Å²) in [6, 6.07) is 19.5. The maximum atomic E-state index is 13.4. The molecule has 3 atom stereocenters. The SMILES string of the molecule is CCC(CCc1ccc(C2CC(F)C(F)C2)cc1)N(C)Cc1ccccc1. The number of halogens is 2. The number of hydrogen-bond donors (Lipinski definition) is 0. The maximum absolute atomic E-state index is 13.4. The standard InChI is InChI=1S/C24H31F2N/c1-3-22(27(2)17-19-7-5-4-6-8-19)14-11-18-9-12-20(13-10-18)21-15-23(25)24(26)16-21/h4-10,12-13,21-24H,3,11,14-17H2,1-2H3. The minimum absolute atomic E-state index is 0.0319. The summed E-state index contributed by atoms with van der Waals surface area (Å²) in [6.45, 7) is 3.21. The Balaban J connectivity index is 1.52. The van der Waals surface area contributed by atoms with Crippen molar-refractivity contribution in [3.63, 3.8) is 0 Å². The Morgan fingerprint density at radius 2 is 1.56 bits per heavy atom. The summed E-state index contributed by atoms with van der Waals surface area (Å²) in [5.41, 5.74) is 3.73. The van der Waals surface area contributed by atoms with Crippen LogP contribution in [0.2, 0.25) is 0 Å². The van der Waals surface area contributed by atoms with Gasteiger partial charge in [-0.2, -0.15) is 0 Å². The summed E-state index contributed by atoms with van der Waals surface area (Å²) in [5.74, 6) is 0.0319. The molecule has 0 N–H and O–H groups in total. The van der Waals surface area contributed by atoms with Gasteiger partial charge in [0.05, 0.1) is 0 Å². The molecule has 1 aliphatic carbocycles. The second-order valence-corrected chi connectivity index (χ2v) is 7.94. The molecule has 0 heterocycles. The number of nitrogens with zero attached hydrogens (tertiary/aromatic N) is 1. The number of aryl methyl sites for hydroxylation is 1. The van der Waals surface area contributed by atoms with Crippen molar-refractivity contribution in [3.05, 3.63) is 71.3 Å². The van der Waals surface area contributed by atoms with Gasteiger partial charge in [0.1, 0.15) is 12.3 Å². The number of alkyl halides is 2. The Morgan fingerprint density at radius 3 is 2.15 bits per heavy atom. The fraction of sp³-hybridized carbons (Fsp3) is 0.500. The zero-order valence-electron chi connectivity index (χ0n) is 16.5. The Kier molecular flexibility index (Phi) is 7.01. The summed E-state index contributed by atoms with van der Waals surface area (Å²) >= 11 is 0. The summed E-state index contributed by atoms with van der Waals surface area (Å²) in [5, 5.41) is 0. The van der Waals surface area contributed by atoms with E-state index >= 15 is 0 Å². The Hall–Kier alpha value is -1.74. The van der Waals surface area contributed by atoms with Crippen molar-refractivity contribution in [1.82, 2.24) is 4.90 Å². The van der Waals surface area contributed by atoms with Crippen LogP contribution in [0.15, 0.2) is 54.6 Å². The van der Waals surface area contributed by atoms with Crippen LogP contribution in [0.3, 0.4) is 0 Å². The van der Waals surface area contributed by atoms with Crippen molar-refractivity contribution in [2.45, 2.75) is 69.9 Å². The van der Waals surface area contributed by atoms with Crippen LogP contribution >= 0.6 is 0 Å². The molecule has 0 bridgehead atoms. The highest BCUT2D eigenvalue weighted by molar-refractivity contribution is 5.27. The van der Waals surface area contributed by atoms with E-state index in [1.165, 1.54) is 11.1 Å². The highest BCUT2D eigenvalue weighted by Crippen LogP contribution is 2.38. The zero-order chi connectivity index (χ0) is 19.2. The third kappa shape index (κ3) is 5.38. The number of hydrogen-bond acceptors (Lipinski definition) is 1. The first-order valence-electron chi connectivity index (χ1n) is 10.2. The lowest BCUT2D eigenvalue weighted by atomic mass is 9.95. The second-order valence-electron chi connectivity index (χ2n) is 7.94. The van der Waals surface area contributed by atoms with Crippen LogP contribution in [0.1, 0.15) is 55.2 Å². The molecular formula is C24H31F2N. The first-order valence-corrected chi connectivity index (χ1v) is 10.2. The van der Waals surface area contributed by atoms with Crippen molar-refractivity contribution in [2.24, 2.45) is 0 Å². The average molecular weight is 372 g/mol. The smallest absolute Gasteiger partial charge is 0.132 e. The predicted molar refractivity (Wildman–Crippen MR) is 109 cm³/mol. The van der Waals surface area contributed by atoms with E-state index in [0.717, 1.165) is 31.4 Å². The first-order chi connectivity index (χ1) is 13.1. The average Bonchev–Trinajstić information content (AvgIpc) is 3.02. The summed E-state index contributed by atoms with van der Waals surface area (Å²) in [4.78, 5) is 2.44. The molecule has 2 aromatic rings. The molecule has 3 unspecified atom stereocenters. The van der Waals surface area contributed by atoms with Gasteiger partial charge < -0.3 is 0 Å². The zero-order valence-corrected chi connectivity index (χ0v) is 16.5. The van der Waals surface area contributed by atoms with Gasteiger partial charge in [-0.05, 0) is 61.8 Å². The van der Waals surface area contributed by atoms with Crippen LogP contribution < -0.4 is 0 Å². The molecule has 0 amide bonds. The molecule has 0 aliphatic heterocycles. The second kappa shape index (κ2) is 9.45. The van der Waals surface area contributed by atoms with Gasteiger partial charge >= 0.3 is 0 Å². The van der Waals surface area contributed by atoms with Crippen molar-refractivity contribution >= 4 is 0 Å². The van der Waals surface area contributed by atoms with E-state index in [1.807, 2.05) is 0 Å². The van der Waals surface area contributed by atoms with E-state index in [1.54, 1.807) is 0 Å². The van der Waals surface area contributed by atoms with Gasteiger partial charge in [-0.15, -0.1) is 0 Å². The van der Waals surface area contributed by atoms with E-state index in [-0.39, 0.29) is 5.92 Å². The van der Waals surface area contributed by atoms with Gasteiger partial charge in [-0.25, -0.2) is 8.78 Å². The Bertz CT molecular complexity index is 675. The maximum Gasteiger partial charge on any atom is 0.132 e. The summed E-state index contributed by atoms with van der Waals surface area (Å²) in [7, 11) is 2.20. The molecule has 1 fully saturated rings. The summed E-state index contributed by atoms with van der Waals surface area (Å²) < 4.78 is 26.9. The lowest BCUT2D eigenvalue weighted by molar-refractivity contribution is 0.199.